The minimum atomic E-state index is 0.663. The van der Waals surface area contributed by atoms with Crippen molar-refractivity contribution in [3.8, 4) is 0 Å². The predicted molar refractivity (Wildman–Crippen MR) is 50.6 cm³/mol. The van der Waals surface area contributed by atoms with Crippen LogP contribution in [0.3, 0.4) is 0 Å². The Bertz CT molecular complexity index is 104. The maximum absolute atomic E-state index is 3.46. The van der Waals surface area contributed by atoms with E-state index in [1.54, 1.807) is 0 Å². The zero-order chi connectivity index (χ0) is 7.57. The SMILES string of the molecule is C1CCC2(CC1)CCCNS2. The molecule has 0 amide bonds. The highest BCUT2D eigenvalue weighted by molar-refractivity contribution is 7.98. The quantitative estimate of drug-likeness (QED) is 0.562. The Morgan fingerprint density at radius 1 is 0.909 bits per heavy atom. The molecule has 0 aromatic carbocycles. The molecule has 1 saturated heterocycles. The molecule has 1 spiro atoms. The zero-order valence-electron chi connectivity index (χ0n) is 7.07. The van der Waals surface area contributed by atoms with E-state index < -0.39 is 0 Å². The van der Waals surface area contributed by atoms with Gasteiger partial charge in [-0.25, -0.2) is 0 Å². The van der Waals surface area contributed by atoms with Gasteiger partial charge in [0.1, 0.15) is 0 Å². The Morgan fingerprint density at radius 3 is 2.27 bits per heavy atom. The molecule has 11 heavy (non-hydrogen) atoms. The largest absolute Gasteiger partial charge is 0.264 e. The van der Waals surface area contributed by atoms with Crippen molar-refractivity contribution in [2.24, 2.45) is 0 Å². The highest BCUT2D eigenvalue weighted by Crippen LogP contribution is 2.43. The van der Waals surface area contributed by atoms with Gasteiger partial charge in [-0.1, -0.05) is 31.2 Å². The molecule has 1 nitrogen and oxygen atoms in total. The Kier molecular flexibility index (Phi) is 2.42. The van der Waals surface area contributed by atoms with Gasteiger partial charge in [0.15, 0.2) is 0 Å². The summed E-state index contributed by atoms with van der Waals surface area (Å²) in [5.74, 6) is 0. The molecule has 1 saturated carbocycles. The molecule has 0 unspecified atom stereocenters. The lowest BCUT2D eigenvalue weighted by atomic mass is 9.85. The molecule has 0 aromatic heterocycles. The molecule has 1 aliphatic carbocycles. The minimum Gasteiger partial charge on any atom is -0.264 e. The van der Waals surface area contributed by atoms with Crippen molar-refractivity contribution in [2.45, 2.75) is 49.7 Å². The molecule has 1 aliphatic heterocycles. The van der Waals surface area contributed by atoms with Crippen molar-refractivity contribution < 1.29 is 0 Å². The van der Waals surface area contributed by atoms with Gasteiger partial charge >= 0.3 is 0 Å². The maximum atomic E-state index is 3.46. The van der Waals surface area contributed by atoms with Crippen LogP contribution >= 0.6 is 11.9 Å². The first-order valence-corrected chi connectivity index (χ1v) is 5.64. The van der Waals surface area contributed by atoms with Crippen molar-refractivity contribution in [2.75, 3.05) is 6.54 Å². The molecule has 0 atom stereocenters. The van der Waals surface area contributed by atoms with E-state index in [2.05, 4.69) is 4.72 Å². The molecule has 0 bridgehead atoms. The maximum Gasteiger partial charge on any atom is 0.0305 e. The topological polar surface area (TPSA) is 12.0 Å². The molecular weight excluding hydrogens is 154 g/mol. The van der Waals surface area contributed by atoms with Crippen LogP contribution < -0.4 is 4.72 Å². The molecule has 0 radical (unpaired) electrons. The molecular formula is C9H17NS. The molecule has 64 valence electrons. The highest BCUT2D eigenvalue weighted by Gasteiger charge is 2.34. The fraction of sp³-hybridized carbons (Fsp3) is 1.00. The molecule has 1 N–H and O–H groups in total. The lowest BCUT2D eigenvalue weighted by Gasteiger charge is -2.39. The number of rotatable bonds is 0. The van der Waals surface area contributed by atoms with E-state index in [1.807, 2.05) is 11.9 Å². The van der Waals surface area contributed by atoms with E-state index >= 15 is 0 Å². The molecule has 1 heterocycles. The first-order chi connectivity index (χ1) is 5.41. The minimum absolute atomic E-state index is 0.663. The second-order valence-electron chi connectivity index (χ2n) is 3.84. The van der Waals surface area contributed by atoms with Gasteiger partial charge in [0.2, 0.25) is 0 Å². The first kappa shape index (κ1) is 7.93. The number of hydrogen-bond acceptors (Lipinski definition) is 2. The van der Waals surface area contributed by atoms with Crippen LogP contribution in [0.15, 0.2) is 0 Å². The normalized spacial score (nSPS) is 30.5. The summed E-state index contributed by atoms with van der Waals surface area (Å²) in [6.07, 6.45) is 10.2. The van der Waals surface area contributed by atoms with Crippen LogP contribution in [-0.4, -0.2) is 11.3 Å². The van der Waals surface area contributed by atoms with E-state index in [1.165, 1.54) is 51.5 Å². The van der Waals surface area contributed by atoms with Crippen LogP contribution in [0.2, 0.25) is 0 Å². The third-order valence-electron chi connectivity index (χ3n) is 2.96. The van der Waals surface area contributed by atoms with E-state index in [-0.39, 0.29) is 0 Å². The van der Waals surface area contributed by atoms with Gasteiger partial charge in [0, 0.05) is 11.3 Å². The van der Waals surface area contributed by atoms with Gasteiger partial charge in [-0.05, 0) is 25.7 Å². The Hall–Kier alpha value is 0.310. The molecule has 2 fully saturated rings. The van der Waals surface area contributed by atoms with E-state index in [0.717, 1.165) is 0 Å². The van der Waals surface area contributed by atoms with Gasteiger partial charge in [-0.2, -0.15) is 0 Å². The Balaban J connectivity index is 1.94. The second-order valence-corrected chi connectivity index (χ2v) is 5.20. The van der Waals surface area contributed by atoms with Gasteiger partial charge in [-0.15, -0.1) is 0 Å². The first-order valence-electron chi connectivity index (χ1n) is 4.82. The highest BCUT2D eigenvalue weighted by atomic mass is 32.2. The average Bonchev–Trinajstić information content (AvgIpc) is 2.07. The van der Waals surface area contributed by atoms with Crippen LogP contribution in [0.4, 0.5) is 0 Å². The van der Waals surface area contributed by atoms with E-state index in [4.69, 9.17) is 0 Å². The summed E-state index contributed by atoms with van der Waals surface area (Å²) < 4.78 is 4.13. The number of nitrogens with one attached hydrogen (secondary N) is 1. The summed E-state index contributed by atoms with van der Waals surface area (Å²) in [5, 5.41) is 0. The third-order valence-corrected chi connectivity index (χ3v) is 4.36. The Labute approximate surface area is 73.5 Å². The smallest absolute Gasteiger partial charge is 0.0305 e. The van der Waals surface area contributed by atoms with Crippen LogP contribution in [0.5, 0.6) is 0 Å². The monoisotopic (exact) mass is 171 g/mol. The summed E-state index contributed by atoms with van der Waals surface area (Å²) in [6, 6.07) is 0. The number of hydrogen-bond donors (Lipinski definition) is 1. The average molecular weight is 171 g/mol. The van der Waals surface area contributed by atoms with Crippen molar-refractivity contribution in [1.29, 1.82) is 0 Å². The lowest BCUT2D eigenvalue weighted by molar-refractivity contribution is 0.360. The van der Waals surface area contributed by atoms with Gasteiger partial charge in [0.05, 0.1) is 0 Å². The summed E-state index contributed by atoms with van der Waals surface area (Å²) in [7, 11) is 0. The molecule has 2 rings (SSSR count). The van der Waals surface area contributed by atoms with Crippen molar-refractivity contribution >= 4 is 11.9 Å². The summed E-state index contributed by atoms with van der Waals surface area (Å²) in [4.78, 5) is 0. The zero-order valence-corrected chi connectivity index (χ0v) is 7.88. The van der Waals surface area contributed by atoms with Gasteiger partial charge in [-0.3, -0.25) is 4.72 Å². The summed E-state index contributed by atoms with van der Waals surface area (Å²) >= 11 is 2.04. The predicted octanol–water partition coefficient (Wildman–Crippen LogP) is 2.72. The standard InChI is InChI=1S/C9H17NS/c1-2-5-9(6-3-1)7-4-8-10-11-9/h10H,1-8H2. The lowest BCUT2D eigenvalue weighted by Crippen LogP contribution is -2.36. The molecule has 0 aromatic rings. The van der Waals surface area contributed by atoms with Gasteiger partial charge < -0.3 is 0 Å². The van der Waals surface area contributed by atoms with Crippen LogP contribution in [0, 0.1) is 0 Å². The molecule has 2 aliphatic rings. The van der Waals surface area contributed by atoms with E-state index in [9.17, 15) is 0 Å². The van der Waals surface area contributed by atoms with Crippen LogP contribution in [0.25, 0.3) is 0 Å². The Morgan fingerprint density at radius 2 is 1.64 bits per heavy atom. The van der Waals surface area contributed by atoms with Gasteiger partial charge in [0.25, 0.3) is 0 Å². The fourth-order valence-electron chi connectivity index (χ4n) is 2.29. The van der Waals surface area contributed by atoms with Crippen molar-refractivity contribution in [3.05, 3.63) is 0 Å². The second kappa shape index (κ2) is 3.36. The van der Waals surface area contributed by atoms with Crippen molar-refractivity contribution in [1.82, 2.24) is 4.72 Å². The van der Waals surface area contributed by atoms with Crippen LogP contribution in [-0.2, 0) is 0 Å². The summed E-state index contributed by atoms with van der Waals surface area (Å²) in [5.41, 5.74) is 0. The molecule has 2 heteroatoms. The fourth-order valence-corrected chi connectivity index (χ4v) is 3.58. The van der Waals surface area contributed by atoms with Crippen LogP contribution in [0.1, 0.15) is 44.9 Å². The van der Waals surface area contributed by atoms with E-state index in [0.29, 0.717) is 4.75 Å². The summed E-state index contributed by atoms with van der Waals surface area (Å²) in [6.45, 7) is 1.23. The third kappa shape index (κ3) is 1.73. The van der Waals surface area contributed by atoms with Crippen molar-refractivity contribution in [3.63, 3.8) is 0 Å².